The predicted molar refractivity (Wildman–Crippen MR) is 111 cm³/mol. The Balaban J connectivity index is 2.30. The largest absolute Gasteiger partial charge is 0.454 e. The highest BCUT2D eigenvalue weighted by molar-refractivity contribution is 6.74. The molecular weight excluding hydrogens is 360 g/mol. The Bertz CT molecular complexity index is 545. The van der Waals surface area contributed by atoms with E-state index in [1.165, 1.54) is 0 Å². The molecule has 1 heterocycles. The maximum absolute atomic E-state index is 12.3. The molecule has 0 bridgehead atoms. The first-order valence-corrected chi connectivity index (χ1v) is 15.9. The second-order valence-electron chi connectivity index (χ2n) is 11.3. The molecule has 2 rings (SSSR count). The van der Waals surface area contributed by atoms with Gasteiger partial charge in [-0.1, -0.05) is 41.5 Å². The zero-order chi connectivity index (χ0) is 20.2. The van der Waals surface area contributed by atoms with Crippen LogP contribution in [0.15, 0.2) is 0 Å². The Labute approximate surface area is 162 Å². The summed E-state index contributed by atoms with van der Waals surface area (Å²) in [6, 6.07) is 0. The van der Waals surface area contributed by atoms with Crippen LogP contribution in [-0.2, 0) is 18.4 Å². The summed E-state index contributed by atoms with van der Waals surface area (Å²) >= 11 is 0. The summed E-state index contributed by atoms with van der Waals surface area (Å²) in [7, 11) is -3.94. The number of ether oxygens (including phenoxy) is 1. The van der Waals surface area contributed by atoms with Crippen LogP contribution >= 0.6 is 0 Å². The topological polar surface area (TPSA) is 44.8 Å². The highest BCUT2D eigenvalue weighted by atomic mass is 28.4. The molecule has 0 unspecified atom stereocenters. The van der Waals surface area contributed by atoms with Crippen molar-refractivity contribution in [2.75, 3.05) is 0 Å². The van der Waals surface area contributed by atoms with Gasteiger partial charge in [-0.3, -0.25) is 4.79 Å². The molecule has 0 aromatic carbocycles. The van der Waals surface area contributed by atoms with E-state index < -0.39 is 22.2 Å². The van der Waals surface area contributed by atoms with Crippen molar-refractivity contribution in [3.05, 3.63) is 0 Å². The van der Waals surface area contributed by atoms with Crippen LogP contribution in [0.1, 0.15) is 67.2 Å². The molecule has 0 amide bonds. The summed E-state index contributed by atoms with van der Waals surface area (Å²) in [6.07, 6.45) is 3.00. The van der Waals surface area contributed by atoms with E-state index in [1.807, 2.05) is 0 Å². The summed E-state index contributed by atoms with van der Waals surface area (Å²) in [6.45, 7) is 22.5. The van der Waals surface area contributed by atoms with Crippen molar-refractivity contribution in [1.82, 2.24) is 0 Å². The van der Waals surface area contributed by atoms with Crippen molar-refractivity contribution < 1.29 is 18.4 Å². The van der Waals surface area contributed by atoms with Gasteiger partial charge in [0.15, 0.2) is 22.2 Å². The molecule has 1 aliphatic heterocycles. The highest BCUT2D eigenvalue weighted by Gasteiger charge is 2.61. The zero-order valence-corrected chi connectivity index (χ0v) is 20.6. The lowest BCUT2D eigenvalue weighted by molar-refractivity contribution is -0.159. The normalized spacial score (nSPS) is 30.9. The molecule has 1 aliphatic carbocycles. The minimum atomic E-state index is -1.99. The molecule has 0 aromatic heterocycles. The van der Waals surface area contributed by atoms with Crippen LogP contribution < -0.4 is 0 Å². The molecule has 0 aromatic rings. The Kier molecular flexibility index (Phi) is 5.71. The third kappa shape index (κ3) is 3.98. The minimum absolute atomic E-state index is 0.0374. The van der Waals surface area contributed by atoms with E-state index in [0.717, 1.165) is 19.3 Å². The van der Waals surface area contributed by atoms with Crippen LogP contribution in [0, 0.1) is 0 Å². The number of rotatable bonds is 4. The summed E-state index contributed by atoms with van der Waals surface area (Å²) in [5.74, 6) is -0.126. The molecule has 0 radical (unpaired) electrons. The van der Waals surface area contributed by atoms with Crippen molar-refractivity contribution in [3.8, 4) is 0 Å². The van der Waals surface area contributed by atoms with E-state index >= 15 is 0 Å². The lowest BCUT2D eigenvalue weighted by Crippen LogP contribution is -2.57. The molecular formula is C20H40O4Si2. The molecule has 152 valence electrons. The van der Waals surface area contributed by atoms with E-state index in [9.17, 15) is 4.79 Å². The number of carbonyl (C=O) groups is 1. The van der Waals surface area contributed by atoms with Crippen molar-refractivity contribution in [2.45, 2.75) is 121 Å². The van der Waals surface area contributed by atoms with E-state index in [1.54, 1.807) is 0 Å². The molecule has 1 saturated carbocycles. The quantitative estimate of drug-likeness (QED) is 0.453. The van der Waals surface area contributed by atoms with Gasteiger partial charge in [-0.15, -0.1) is 0 Å². The van der Waals surface area contributed by atoms with Crippen LogP contribution in [0.4, 0.5) is 0 Å². The fraction of sp³-hybridized carbons (Fsp3) is 0.950. The van der Waals surface area contributed by atoms with E-state index in [-0.39, 0.29) is 28.3 Å². The van der Waals surface area contributed by atoms with Gasteiger partial charge in [0.25, 0.3) is 0 Å². The van der Waals surface area contributed by atoms with Crippen molar-refractivity contribution in [1.29, 1.82) is 0 Å². The molecule has 3 atom stereocenters. The molecule has 6 heteroatoms. The van der Waals surface area contributed by atoms with Gasteiger partial charge in [-0.05, 0) is 55.5 Å². The summed E-state index contributed by atoms with van der Waals surface area (Å²) < 4.78 is 19.5. The van der Waals surface area contributed by atoms with Gasteiger partial charge in [-0.2, -0.15) is 0 Å². The molecule has 2 aliphatic rings. The SMILES string of the molecule is CC(C)(C)[Si](C)(C)O[C@H]1CCC[C@@]12OC(=O)C[C@@H]2O[Si](C)(C)C(C)(C)C. The maximum Gasteiger partial charge on any atom is 0.309 e. The Morgan fingerprint density at radius 2 is 1.38 bits per heavy atom. The minimum Gasteiger partial charge on any atom is -0.454 e. The fourth-order valence-electron chi connectivity index (χ4n) is 3.46. The summed E-state index contributed by atoms with van der Waals surface area (Å²) in [5.41, 5.74) is -0.581. The van der Waals surface area contributed by atoms with Gasteiger partial charge < -0.3 is 13.6 Å². The molecule has 1 spiro atoms. The van der Waals surface area contributed by atoms with Crippen molar-refractivity contribution in [2.24, 2.45) is 0 Å². The first-order chi connectivity index (χ1) is 11.5. The second-order valence-corrected chi connectivity index (χ2v) is 20.8. The van der Waals surface area contributed by atoms with Gasteiger partial charge in [-0.25, -0.2) is 0 Å². The number of esters is 1. The molecule has 4 nitrogen and oxygen atoms in total. The van der Waals surface area contributed by atoms with E-state index in [2.05, 4.69) is 67.7 Å². The Morgan fingerprint density at radius 3 is 1.85 bits per heavy atom. The average Bonchev–Trinajstić information content (AvgIpc) is 2.91. The summed E-state index contributed by atoms with van der Waals surface area (Å²) in [5, 5.41) is 0.239. The van der Waals surface area contributed by atoms with Crippen LogP contribution in [0.3, 0.4) is 0 Å². The van der Waals surface area contributed by atoms with Gasteiger partial charge in [0, 0.05) is 0 Å². The van der Waals surface area contributed by atoms with Crippen LogP contribution in [0.5, 0.6) is 0 Å². The summed E-state index contributed by atoms with van der Waals surface area (Å²) in [4.78, 5) is 12.3. The Morgan fingerprint density at radius 1 is 0.923 bits per heavy atom. The molecule has 1 saturated heterocycles. The third-order valence-electron chi connectivity index (χ3n) is 7.27. The first kappa shape index (κ1) is 22.1. The van der Waals surface area contributed by atoms with Crippen molar-refractivity contribution >= 4 is 22.6 Å². The lowest BCUT2D eigenvalue weighted by Gasteiger charge is -2.46. The van der Waals surface area contributed by atoms with E-state index in [0.29, 0.717) is 6.42 Å². The second kappa shape index (κ2) is 6.71. The zero-order valence-electron chi connectivity index (χ0n) is 18.6. The van der Waals surface area contributed by atoms with Gasteiger partial charge >= 0.3 is 5.97 Å². The monoisotopic (exact) mass is 400 g/mol. The number of hydrogen-bond donors (Lipinski definition) is 0. The maximum atomic E-state index is 12.3. The average molecular weight is 401 g/mol. The van der Waals surface area contributed by atoms with E-state index in [4.69, 9.17) is 13.6 Å². The molecule has 0 N–H and O–H groups in total. The number of carbonyl (C=O) groups excluding carboxylic acids is 1. The van der Waals surface area contributed by atoms with Crippen LogP contribution in [0.25, 0.3) is 0 Å². The van der Waals surface area contributed by atoms with Crippen molar-refractivity contribution in [3.63, 3.8) is 0 Å². The lowest BCUT2D eigenvalue weighted by atomic mass is 9.93. The van der Waals surface area contributed by atoms with Gasteiger partial charge in [0.2, 0.25) is 0 Å². The predicted octanol–water partition coefficient (Wildman–Crippen LogP) is 5.64. The first-order valence-electron chi connectivity index (χ1n) is 10.1. The smallest absolute Gasteiger partial charge is 0.309 e. The standard InChI is InChI=1S/C20H40O4Si2/c1-18(2,3)25(7,8)23-15-12-11-13-20(15)16(14-17(21)22-20)24-26(9,10)19(4,5)6/h15-16H,11-14H2,1-10H3/t15-,16-,20+/m0/s1. The number of hydrogen-bond acceptors (Lipinski definition) is 4. The Hall–Kier alpha value is -0.176. The molecule has 26 heavy (non-hydrogen) atoms. The fourth-order valence-corrected chi connectivity index (χ4v) is 6.19. The van der Waals surface area contributed by atoms with Crippen LogP contribution in [-0.4, -0.2) is 40.4 Å². The molecule has 2 fully saturated rings. The third-order valence-corrected chi connectivity index (χ3v) is 16.2. The highest BCUT2D eigenvalue weighted by Crippen LogP contribution is 2.50. The van der Waals surface area contributed by atoms with Gasteiger partial charge in [0.05, 0.1) is 18.6 Å². The van der Waals surface area contributed by atoms with Crippen LogP contribution in [0.2, 0.25) is 36.3 Å². The van der Waals surface area contributed by atoms with Gasteiger partial charge in [0.1, 0.15) is 0 Å².